The lowest BCUT2D eigenvalue weighted by molar-refractivity contribution is 0.189. The third-order valence-corrected chi connectivity index (χ3v) is 4.59. The second-order valence-electron chi connectivity index (χ2n) is 3.82. The van der Waals surface area contributed by atoms with Crippen molar-refractivity contribution in [2.24, 2.45) is 5.84 Å². The second kappa shape index (κ2) is 7.01. The summed E-state index contributed by atoms with van der Waals surface area (Å²) in [5, 5.41) is 0.147. The number of halogens is 1. The number of aromatic nitrogens is 1. The molecule has 0 unspecified atom stereocenters. The second-order valence-corrected chi connectivity index (χ2v) is 6.27. The molecule has 1 heterocycles. The zero-order valence-electron chi connectivity index (χ0n) is 10.8. The third-order valence-electron chi connectivity index (χ3n) is 2.48. The van der Waals surface area contributed by atoms with Gasteiger partial charge in [0.15, 0.2) is 5.82 Å². The first-order valence-corrected chi connectivity index (χ1v) is 7.32. The SMILES string of the molecule is COCCCN(C)S(=O)(=O)c1cnc(NN)c(Cl)c1. The molecule has 0 radical (unpaired) electrons. The monoisotopic (exact) mass is 308 g/mol. The molecule has 0 amide bonds. The van der Waals surface area contributed by atoms with Crippen LogP contribution in [-0.4, -0.2) is 45.0 Å². The summed E-state index contributed by atoms with van der Waals surface area (Å²) in [6.07, 6.45) is 1.82. The summed E-state index contributed by atoms with van der Waals surface area (Å²) in [5.74, 6) is 5.40. The van der Waals surface area contributed by atoms with E-state index in [1.165, 1.54) is 23.6 Å². The summed E-state index contributed by atoms with van der Waals surface area (Å²) < 4.78 is 30.5. The third kappa shape index (κ3) is 4.02. The van der Waals surface area contributed by atoms with Crippen LogP contribution in [0.5, 0.6) is 0 Å². The maximum absolute atomic E-state index is 12.2. The number of sulfonamides is 1. The van der Waals surface area contributed by atoms with E-state index in [0.29, 0.717) is 19.6 Å². The van der Waals surface area contributed by atoms with Crippen molar-refractivity contribution in [2.45, 2.75) is 11.3 Å². The number of pyridine rings is 1. The molecule has 0 aliphatic rings. The maximum atomic E-state index is 12.2. The predicted octanol–water partition coefficient (Wildman–Crippen LogP) is 0.678. The van der Waals surface area contributed by atoms with Crippen molar-refractivity contribution < 1.29 is 13.2 Å². The fourth-order valence-electron chi connectivity index (χ4n) is 1.40. The highest BCUT2D eigenvalue weighted by atomic mass is 35.5. The van der Waals surface area contributed by atoms with Crippen LogP contribution in [0.4, 0.5) is 5.82 Å². The highest BCUT2D eigenvalue weighted by molar-refractivity contribution is 7.89. The number of nitrogens with two attached hydrogens (primary N) is 1. The fourth-order valence-corrected chi connectivity index (χ4v) is 2.87. The molecule has 0 saturated heterocycles. The van der Waals surface area contributed by atoms with Crippen LogP contribution in [0.3, 0.4) is 0 Å². The molecular weight excluding hydrogens is 292 g/mol. The molecule has 7 nitrogen and oxygen atoms in total. The van der Waals surface area contributed by atoms with Gasteiger partial charge in [-0.1, -0.05) is 11.6 Å². The van der Waals surface area contributed by atoms with Crippen LogP contribution in [0.25, 0.3) is 0 Å². The molecule has 108 valence electrons. The van der Waals surface area contributed by atoms with Gasteiger partial charge in [0.25, 0.3) is 0 Å². The van der Waals surface area contributed by atoms with Gasteiger partial charge in [-0.05, 0) is 12.5 Å². The molecule has 0 atom stereocenters. The molecule has 0 aromatic carbocycles. The Hall–Kier alpha value is -0.930. The molecule has 1 aromatic heterocycles. The predicted molar refractivity (Wildman–Crippen MR) is 73.4 cm³/mol. The lowest BCUT2D eigenvalue weighted by Crippen LogP contribution is -2.28. The first kappa shape index (κ1) is 16.1. The van der Waals surface area contributed by atoms with Crippen molar-refractivity contribution in [3.63, 3.8) is 0 Å². The van der Waals surface area contributed by atoms with E-state index in [4.69, 9.17) is 22.2 Å². The Morgan fingerprint density at radius 3 is 2.79 bits per heavy atom. The smallest absolute Gasteiger partial charge is 0.244 e. The topological polar surface area (TPSA) is 97.5 Å². The maximum Gasteiger partial charge on any atom is 0.244 e. The van der Waals surface area contributed by atoms with Gasteiger partial charge in [0.2, 0.25) is 10.0 Å². The zero-order chi connectivity index (χ0) is 14.5. The Bertz CT molecular complexity index is 524. The van der Waals surface area contributed by atoms with Gasteiger partial charge in [0.1, 0.15) is 4.90 Å². The van der Waals surface area contributed by atoms with E-state index < -0.39 is 10.0 Å². The van der Waals surface area contributed by atoms with Crippen molar-refractivity contribution in [1.29, 1.82) is 0 Å². The molecule has 1 aromatic rings. The van der Waals surface area contributed by atoms with Gasteiger partial charge in [-0.25, -0.2) is 23.5 Å². The standard InChI is InChI=1S/C10H17ClN4O3S/c1-15(4-3-5-18-2)19(16,17)8-6-9(11)10(14-12)13-7-8/h6-7H,3-5,12H2,1-2H3,(H,13,14). The van der Waals surface area contributed by atoms with Crippen LogP contribution >= 0.6 is 11.6 Å². The van der Waals surface area contributed by atoms with Crippen molar-refractivity contribution in [1.82, 2.24) is 9.29 Å². The first-order chi connectivity index (χ1) is 8.93. The lowest BCUT2D eigenvalue weighted by Gasteiger charge is -2.17. The molecule has 0 bridgehead atoms. The van der Waals surface area contributed by atoms with Gasteiger partial charge in [0, 0.05) is 33.5 Å². The fraction of sp³-hybridized carbons (Fsp3) is 0.500. The zero-order valence-corrected chi connectivity index (χ0v) is 12.3. The van der Waals surface area contributed by atoms with E-state index in [-0.39, 0.29) is 15.7 Å². The van der Waals surface area contributed by atoms with Crippen molar-refractivity contribution in [3.05, 3.63) is 17.3 Å². The molecule has 0 fully saturated rings. The summed E-state index contributed by atoms with van der Waals surface area (Å²) in [5.41, 5.74) is 2.28. The normalized spacial score (nSPS) is 11.8. The van der Waals surface area contributed by atoms with Crippen LogP contribution in [0.15, 0.2) is 17.2 Å². The van der Waals surface area contributed by atoms with E-state index in [1.807, 2.05) is 0 Å². The first-order valence-electron chi connectivity index (χ1n) is 5.51. The summed E-state index contributed by atoms with van der Waals surface area (Å²) >= 11 is 5.86. The highest BCUT2D eigenvalue weighted by Crippen LogP contribution is 2.23. The Labute approximate surface area is 117 Å². The van der Waals surface area contributed by atoms with E-state index in [0.717, 1.165) is 0 Å². The molecule has 0 aliphatic carbocycles. The Kier molecular flexibility index (Phi) is 5.95. The minimum absolute atomic E-state index is 0.0245. The van der Waals surface area contributed by atoms with Crippen LogP contribution in [0.2, 0.25) is 5.02 Å². The summed E-state index contributed by atoms with van der Waals surface area (Å²) in [6.45, 7) is 0.847. The lowest BCUT2D eigenvalue weighted by atomic mass is 10.4. The largest absolute Gasteiger partial charge is 0.385 e. The Morgan fingerprint density at radius 2 is 2.26 bits per heavy atom. The molecular formula is C10H17ClN4O3S. The molecule has 9 heteroatoms. The molecule has 19 heavy (non-hydrogen) atoms. The van der Waals surface area contributed by atoms with E-state index in [9.17, 15) is 8.42 Å². The van der Waals surface area contributed by atoms with Crippen molar-refractivity contribution >= 4 is 27.4 Å². The number of hydrogen-bond donors (Lipinski definition) is 2. The summed E-state index contributed by atoms with van der Waals surface area (Å²) in [7, 11) is -0.544. The van der Waals surface area contributed by atoms with Gasteiger partial charge in [0.05, 0.1) is 5.02 Å². The molecule has 0 saturated carbocycles. The number of methoxy groups -OCH3 is 1. The van der Waals surface area contributed by atoms with Gasteiger partial charge >= 0.3 is 0 Å². The Balaban J connectivity index is 2.90. The molecule has 3 N–H and O–H groups in total. The van der Waals surface area contributed by atoms with Gasteiger partial charge in [-0.3, -0.25) is 0 Å². The minimum atomic E-state index is -3.60. The average Bonchev–Trinajstić information content (AvgIpc) is 2.38. The van der Waals surface area contributed by atoms with E-state index >= 15 is 0 Å². The van der Waals surface area contributed by atoms with Gasteiger partial charge in [-0.2, -0.15) is 0 Å². The van der Waals surface area contributed by atoms with Crippen LogP contribution < -0.4 is 11.3 Å². The Morgan fingerprint density at radius 1 is 1.58 bits per heavy atom. The number of hydrazine groups is 1. The molecule has 0 spiro atoms. The number of nitrogen functional groups attached to an aromatic ring is 1. The summed E-state index contributed by atoms with van der Waals surface area (Å²) in [6, 6.07) is 1.31. The highest BCUT2D eigenvalue weighted by Gasteiger charge is 2.21. The minimum Gasteiger partial charge on any atom is -0.385 e. The van der Waals surface area contributed by atoms with E-state index in [2.05, 4.69) is 10.4 Å². The van der Waals surface area contributed by atoms with Crippen LogP contribution in [0.1, 0.15) is 6.42 Å². The quantitative estimate of drug-likeness (QED) is 0.437. The van der Waals surface area contributed by atoms with E-state index in [1.54, 1.807) is 7.11 Å². The van der Waals surface area contributed by atoms with Crippen molar-refractivity contribution in [2.75, 3.05) is 32.7 Å². The van der Waals surface area contributed by atoms with Crippen molar-refractivity contribution in [3.8, 4) is 0 Å². The molecule has 0 aliphatic heterocycles. The number of hydrogen-bond acceptors (Lipinski definition) is 6. The summed E-state index contributed by atoms with van der Waals surface area (Å²) in [4.78, 5) is 3.87. The molecule has 1 rings (SSSR count). The number of rotatable bonds is 7. The van der Waals surface area contributed by atoms with Gasteiger partial charge in [-0.15, -0.1) is 0 Å². The van der Waals surface area contributed by atoms with Crippen LogP contribution in [-0.2, 0) is 14.8 Å². The van der Waals surface area contributed by atoms with Crippen LogP contribution in [0, 0.1) is 0 Å². The van der Waals surface area contributed by atoms with Gasteiger partial charge < -0.3 is 10.2 Å². The number of anilines is 1. The number of nitrogens with zero attached hydrogens (tertiary/aromatic N) is 2. The average molecular weight is 309 g/mol. The number of nitrogens with one attached hydrogen (secondary N) is 1. The number of ether oxygens (including phenoxy) is 1.